The van der Waals surface area contributed by atoms with Gasteiger partial charge in [0.1, 0.15) is 6.42 Å². The summed E-state index contributed by atoms with van der Waals surface area (Å²) in [4.78, 5) is 11.4. The summed E-state index contributed by atoms with van der Waals surface area (Å²) in [7, 11) is 0. The molecule has 0 radical (unpaired) electrons. The zero-order valence-electron chi connectivity index (χ0n) is 11.3. The number of benzene rings is 1. The van der Waals surface area contributed by atoms with Gasteiger partial charge in [0.15, 0.2) is 0 Å². The van der Waals surface area contributed by atoms with Gasteiger partial charge in [0.25, 0.3) is 0 Å². The van der Waals surface area contributed by atoms with Crippen LogP contribution in [0.2, 0.25) is 0 Å². The lowest BCUT2D eigenvalue weighted by Crippen LogP contribution is -2.43. The molecule has 3 heteroatoms. The lowest BCUT2D eigenvalue weighted by atomic mass is 9.93. The van der Waals surface area contributed by atoms with Crippen LogP contribution in [0.1, 0.15) is 37.8 Å². The average molecular weight is 244 g/mol. The van der Waals surface area contributed by atoms with E-state index in [1.165, 1.54) is 11.1 Å². The molecule has 0 heterocycles. The van der Waals surface area contributed by atoms with Gasteiger partial charge in [-0.15, -0.1) is 0 Å². The third-order valence-electron chi connectivity index (χ3n) is 3.00. The SMILES string of the molecule is Cc1ccccc1CCC(C)(C)NC(=O)CC#N. The summed E-state index contributed by atoms with van der Waals surface area (Å²) in [6.45, 7) is 6.07. The summed E-state index contributed by atoms with van der Waals surface area (Å²) >= 11 is 0. The summed E-state index contributed by atoms with van der Waals surface area (Å²) in [5.74, 6) is -0.202. The number of hydrogen-bond donors (Lipinski definition) is 1. The fourth-order valence-corrected chi connectivity index (χ4v) is 1.89. The highest BCUT2D eigenvalue weighted by molar-refractivity contribution is 5.78. The molecule has 0 aliphatic carbocycles. The lowest BCUT2D eigenvalue weighted by molar-refractivity contribution is -0.121. The largest absolute Gasteiger partial charge is 0.350 e. The molecule has 0 aliphatic heterocycles. The maximum Gasteiger partial charge on any atom is 0.234 e. The normalized spacial score (nSPS) is 10.8. The number of nitriles is 1. The Morgan fingerprint density at radius 3 is 2.67 bits per heavy atom. The number of nitrogens with zero attached hydrogens (tertiary/aromatic N) is 1. The van der Waals surface area contributed by atoms with Gasteiger partial charge in [-0.25, -0.2) is 0 Å². The van der Waals surface area contributed by atoms with E-state index in [0.29, 0.717) is 0 Å². The second-order valence-corrected chi connectivity index (χ2v) is 5.19. The van der Waals surface area contributed by atoms with Gasteiger partial charge < -0.3 is 5.32 Å². The van der Waals surface area contributed by atoms with Crippen molar-refractivity contribution in [1.82, 2.24) is 5.32 Å². The highest BCUT2D eigenvalue weighted by Crippen LogP contribution is 2.16. The van der Waals surface area contributed by atoms with Gasteiger partial charge in [0, 0.05) is 5.54 Å². The lowest BCUT2D eigenvalue weighted by Gasteiger charge is -2.26. The Labute approximate surface area is 109 Å². The van der Waals surface area contributed by atoms with Crippen molar-refractivity contribution >= 4 is 5.91 Å². The number of hydrogen-bond acceptors (Lipinski definition) is 2. The number of aryl methyl sites for hydroxylation is 2. The molecule has 0 saturated heterocycles. The minimum Gasteiger partial charge on any atom is -0.350 e. The molecule has 1 aromatic carbocycles. The van der Waals surface area contributed by atoms with Gasteiger partial charge in [0.05, 0.1) is 6.07 Å². The van der Waals surface area contributed by atoms with Gasteiger partial charge in [-0.2, -0.15) is 5.26 Å². The van der Waals surface area contributed by atoms with Crippen LogP contribution in [-0.2, 0) is 11.2 Å². The van der Waals surface area contributed by atoms with E-state index in [-0.39, 0.29) is 17.9 Å². The van der Waals surface area contributed by atoms with Crippen LogP contribution in [0.3, 0.4) is 0 Å². The smallest absolute Gasteiger partial charge is 0.234 e. The number of rotatable bonds is 5. The maximum absolute atomic E-state index is 11.4. The van der Waals surface area contributed by atoms with E-state index in [4.69, 9.17) is 5.26 Å². The maximum atomic E-state index is 11.4. The van der Waals surface area contributed by atoms with Crippen molar-refractivity contribution in [3.05, 3.63) is 35.4 Å². The van der Waals surface area contributed by atoms with Crippen LogP contribution in [0.5, 0.6) is 0 Å². The second-order valence-electron chi connectivity index (χ2n) is 5.19. The van der Waals surface area contributed by atoms with Gasteiger partial charge >= 0.3 is 0 Å². The predicted molar refractivity (Wildman–Crippen MR) is 72.0 cm³/mol. The topological polar surface area (TPSA) is 52.9 Å². The van der Waals surface area contributed by atoms with Crippen molar-refractivity contribution in [3.8, 4) is 6.07 Å². The number of amides is 1. The van der Waals surface area contributed by atoms with E-state index < -0.39 is 0 Å². The molecular weight excluding hydrogens is 224 g/mol. The quantitative estimate of drug-likeness (QED) is 0.865. The van der Waals surface area contributed by atoms with E-state index in [1.807, 2.05) is 32.0 Å². The molecule has 0 saturated carbocycles. The van der Waals surface area contributed by atoms with Crippen molar-refractivity contribution < 1.29 is 4.79 Å². The molecule has 0 aromatic heterocycles. The number of nitrogens with one attached hydrogen (secondary N) is 1. The highest BCUT2D eigenvalue weighted by Gasteiger charge is 2.20. The van der Waals surface area contributed by atoms with E-state index >= 15 is 0 Å². The van der Waals surface area contributed by atoms with Crippen LogP contribution in [-0.4, -0.2) is 11.4 Å². The Balaban J connectivity index is 2.54. The molecule has 0 atom stereocenters. The first kappa shape index (κ1) is 14.2. The first-order valence-corrected chi connectivity index (χ1v) is 6.17. The fourth-order valence-electron chi connectivity index (χ4n) is 1.89. The van der Waals surface area contributed by atoms with E-state index in [9.17, 15) is 4.79 Å². The zero-order valence-corrected chi connectivity index (χ0v) is 11.3. The van der Waals surface area contributed by atoms with Crippen LogP contribution in [0.25, 0.3) is 0 Å². The minimum atomic E-state index is -0.282. The molecule has 0 fully saturated rings. The summed E-state index contributed by atoms with van der Waals surface area (Å²) in [6.07, 6.45) is 1.70. The van der Waals surface area contributed by atoms with Gasteiger partial charge in [0.2, 0.25) is 5.91 Å². The molecule has 0 spiro atoms. The molecule has 0 unspecified atom stereocenters. The minimum absolute atomic E-state index is 0.0756. The fraction of sp³-hybridized carbons (Fsp3) is 0.467. The Kier molecular flexibility index (Phi) is 4.91. The van der Waals surface area contributed by atoms with Crippen LogP contribution >= 0.6 is 0 Å². The van der Waals surface area contributed by atoms with Crippen LogP contribution in [0, 0.1) is 18.3 Å². The average Bonchev–Trinajstić information content (AvgIpc) is 2.27. The Bertz CT molecular complexity index is 458. The molecule has 18 heavy (non-hydrogen) atoms. The van der Waals surface area contributed by atoms with Crippen molar-refractivity contribution in [1.29, 1.82) is 5.26 Å². The highest BCUT2D eigenvalue weighted by atomic mass is 16.1. The van der Waals surface area contributed by atoms with Crippen molar-refractivity contribution in [2.75, 3.05) is 0 Å². The van der Waals surface area contributed by atoms with E-state index in [1.54, 1.807) is 0 Å². The second kappa shape index (κ2) is 6.20. The monoisotopic (exact) mass is 244 g/mol. The van der Waals surface area contributed by atoms with Gasteiger partial charge in [-0.3, -0.25) is 4.79 Å². The standard InChI is InChI=1S/C15H20N2O/c1-12-6-4-5-7-13(12)8-10-15(2,3)17-14(18)9-11-16/h4-7H,8-10H2,1-3H3,(H,17,18). The van der Waals surface area contributed by atoms with Crippen LogP contribution < -0.4 is 5.32 Å². The molecule has 1 rings (SSSR count). The van der Waals surface area contributed by atoms with Crippen LogP contribution in [0.4, 0.5) is 0 Å². The third kappa shape index (κ3) is 4.58. The summed E-state index contributed by atoms with van der Waals surface area (Å²) < 4.78 is 0. The van der Waals surface area contributed by atoms with Gasteiger partial charge in [-0.05, 0) is 44.7 Å². The summed E-state index contributed by atoms with van der Waals surface area (Å²) in [5.41, 5.74) is 2.30. The molecule has 3 nitrogen and oxygen atoms in total. The molecule has 1 N–H and O–H groups in total. The molecular formula is C15H20N2O. The predicted octanol–water partition coefficient (Wildman–Crippen LogP) is 2.74. The van der Waals surface area contributed by atoms with Crippen LogP contribution in [0.15, 0.2) is 24.3 Å². The summed E-state index contributed by atoms with van der Waals surface area (Å²) in [6, 6.07) is 10.1. The molecule has 0 bridgehead atoms. The summed E-state index contributed by atoms with van der Waals surface area (Å²) in [5, 5.41) is 11.4. The molecule has 0 aliphatic rings. The third-order valence-corrected chi connectivity index (χ3v) is 3.00. The van der Waals surface area contributed by atoms with Crippen molar-refractivity contribution in [2.45, 2.75) is 45.6 Å². The molecule has 96 valence electrons. The number of carbonyl (C=O) groups is 1. The molecule has 1 aromatic rings. The Hall–Kier alpha value is -1.82. The Morgan fingerprint density at radius 2 is 2.06 bits per heavy atom. The first-order chi connectivity index (χ1) is 8.44. The first-order valence-electron chi connectivity index (χ1n) is 6.17. The van der Waals surface area contributed by atoms with E-state index in [2.05, 4.69) is 24.4 Å². The zero-order chi connectivity index (χ0) is 13.6. The van der Waals surface area contributed by atoms with Gasteiger partial charge in [-0.1, -0.05) is 24.3 Å². The van der Waals surface area contributed by atoms with Crippen molar-refractivity contribution in [2.24, 2.45) is 0 Å². The van der Waals surface area contributed by atoms with E-state index in [0.717, 1.165) is 12.8 Å². The Morgan fingerprint density at radius 1 is 1.39 bits per heavy atom. The molecule has 1 amide bonds. The number of carbonyl (C=O) groups excluding carboxylic acids is 1. The van der Waals surface area contributed by atoms with Crippen molar-refractivity contribution in [3.63, 3.8) is 0 Å².